The molecule has 0 atom stereocenters. The first-order valence-corrected chi connectivity index (χ1v) is 12.5. The second kappa shape index (κ2) is 11.7. The molecule has 3 rings (SSSR count). The normalized spacial score (nSPS) is 14.7. The van der Waals surface area contributed by atoms with Gasteiger partial charge in [-0.3, -0.25) is 19.3 Å². The fourth-order valence-corrected chi connectivity index (χ4v) is 4.61. The van der Waals surface area contributed by atoms with Gasteiger partial charge in [-0.05, 0) is 83.0 Å². The average molecular weight is 599 g/mol. The van der Waals surface area contributed by atoms with E-state index in [2.05, 4.69) is 31.9 Å². The van der Waals surface area contributed by atoms with E-state index in [-0.39, 0.29) is 11.5 Å². The minimum atomic E-state index is -0.630. The van der Waals surface area contributed by atoms with Gasteiger partial charge in [0.05, 0.1) is 22.6 Å². The molecule has 10 heteroatoms. The molecule has 0 saturated carbocycles. The zero-order chi connectivity index (χ0) is 24.0. The fraction of sp³-hybridized carbons (Fsp3) is 0.261. The van der Waals surface area contributed by atoms with Gasteiger partial charge in [-0.25, -0.2) is 0 Å². The van der Waals surface area contributed by atoms with Crippen LogP contribution in [0.5, 0.6) is 11.5 Å². The number of carbonyl (C=O) groups excluding carboxylic acids is 3. The number of halogens is 2. The maximum absolute atomic E-state index is 12.6. The zero-order valence-corrected chi connectivity index (χ0v) is 21.9. The van der Waals surface area contributed by atoms with Crippen LogP contribution >= 0.6 is 43.6 Å². The maximum atomic E-state index is 12.6. The van der Waals surface area contributed by atoms with E-state index in [1.807, 2.05) is 31.2 Å². The van der Waals surface area contributed by atoms with Gasteiger partial charge in [0.25, 0.3) is 11.1 Å². The lowest BCUT2D eigenvalue weighted by atomic mass is 10.1. The van der Waals surface area contributed by atoms with Gasteiger partial charge in [0.2, 0.25) is 0 Å². The lowest BCUT2D eigenvalue weighted by Crippen LogP contribution is -2.34. The first-order chi connectivity index (χ1) is 15.8. The second-order valence-corrected chi connectivity index (χ2v) is 9.51. The summed E-state index contributed by atoms with van der Waals surface area (Å²) < 4.78 is 18.2. The third kappa shape index (κ3) is 6.61. The van der Waals surface area contributed by atoms with Crippen molar-refractivity contribution in [3.8, 4) is 11.5 Å². The quantitative estimate of drug-likeness (QED) is 0.267. The predicted molar refractivity (Wildman–Crippen MR) is 133 cm³/mol. The van der Waals surface area contributed by atoms with E-state index in [4.69, 9.17) is 14.2 Å². The number of rotatable bonds is 9. The Labute approximate surface area is 212 Å². The number of thioether (sulfide) groups is 1. The van der Waals surface area contributed by atoms with Crippen LogP contribution in [0.3, 0.4) is 0 Å². The summed E-state index contributed by atoms with van der Waals surface area (Å²) in [5.41, 5.74) is 1.63. The Bertz CT molecular complexity index is 1090. The van der Waals surface area contributed by atoms with Crippen LogP contribution in [0.1, 0.15) is 25.0 Å². The monoisotopic (exact) mass is 597 g/mol. The van der Waals surface area contributed by atoms with Crippen LogP contribution < -0.4 is 9.47 Å². The van der Waals surface area contributed by atoms with E-state index in [1.54, 1.807) is 25.1 Å². The Morgan fingerprint density at radius 3 is 2.45 bits per heavy atom. The van der Waals surface area contributed by atoms with E-state index >= 15 is 0 Å². The van der Waals surface area contributed by atoms with Crippen molar-refractivity contribution in [2.45, 2.75) is 20.5 Å². The number of carbonyl (C=O) groups is 3. The van der Waals surface area contributed by atoms with Crippen molar-refractivity contribution in [1.29, 1.82) is 0 Å². The molecule has 0 bridgehead atoms. The van der Waals surface area contributed by atoms with E-state index in [1.165, 1.54) is 0 Å². The topological polar surface area (TPSA) is 82.1 Å². The number of nitrogens with zero attached hydrogens (tertiary/aromatic N) is 1. The molecule has 0 aliphatic carbocycles. The lowest BCUT2D eigenvalue weighted by molar-refractivity contribution is -0.145. The van der Waals surface area contributed by atoms with Crippen LogP contribution in [0, 0.1) is 0 Å². The molecular weight excluding hydrogens is 578 g/mol. The summed E-state index contributed by atoms with van der Waals surface area (Å²) in [7, 11) is 0. The van der Waals surface area contributed by atoms with Crippen LogP contribution in [-0.2, 0) is 20.9 Å². The Balaban J connectivity index is 1.81. The van der Waals surface area contributed by atoms with Crippen molar-refractivity contribution < 1.29 is 28.6 Å². The summed E-state index contributed by atoms with van der Waals surface area (Å²) in [5, 5.41) is -0.516. The third-order valence-corrected chi connectivity index (χ3v) is 6.42. The van der Waals surface area contributed by atoms with Crippen LogP contribution in [0.25, 0.3) is 6.08 Å². The Hall–Kier alpha value is -2.30. The summed E-state index contributed by atoms with van der Waals surface area (Å²) in [6.45, 7) is 4.05. The first-order valence-electron chi connectivity index (χ1n) is 10.1. The summed E-state index contributed by atoms with van der Waals surface area (Å²) >= 11 is 7.71. The predicted octanol–water partition coefficient (Wildman–Crippen LogP) is 5.79. The Morgan fingerprint density at radius 1 is 1.06 bits per heavy atom. The molecule has 0 N–H and O–H groups in total. The van der Waals surface area contributed by atoms with Gasteiger partial charge in [0.15, 0.2) is 11.5 Å². The molecule has 2 aromatic carbocycles. The van der Waals surface area contributed by atoms with Crippen LogP contribution in [0.2, 0.25) is 0 Å². The number of esters is 1. The van der Waals surface area contributed by atoms with Crippen molar-refractivity contribution in [3.63, 3.8) is 0 Å². The summed E-state index contributed by atoms with van der Waals surface area (Å²) in [6, 6.07) is 11.3. The van der Waals surface area contributed by atoms with Gasteiger partial charge in [-0.15, -0.1) is 0 Å². The summed E-state index contributed by atoms with van der Waals surface area (Å²) in [6.07, 6.45) is 1.59. The molecule has 1 aliphatic heterocycles. The highest BCUT2D eigenvalue weighted by atomic mass is 79.9. The molecule has 0 spiro atoms. The van der Waals surface area contributed by atoms with E-state index in [0.717, 1.165) is 26.7 Å². The number of ether oxygens (including phenoxy) is 3. The molecule has 1 fully saturated rings. The molecule has 0 aromatic heterocycles. The molecular formula is C23H21Br2NO6S. The summed E-state index contributed by atoms with van der Waals surface area (Å²) in [5.74, 6) is -0.134. The van der Waals surface area contributed by atoms with Gasteiger partial charge in [0, 0.05) is 4.47 Å². The number of imide groups is 1. The third-order valence-electron chi connectivity index (χ3n) is 4.39. The standard InChI is InChI=1S/C23H21Br2NO6S/c1-3-30-18-10-15(9-17(25)21(18)32-13-14-5-7-16(24)8-6-14)11-19-22(28)26(23(29)33-19)12-20(27)31-4-2/h5-11H,3-4,12-13H2,1-2H3/b19-11+. The number of hydrogen-bond acceptors (Lipinski definition) is 7. The van der Waals surface area contributed by atoms with Crippen LogP contribution in [0.15, 0.2) is 50.2 Å². The molecule has 7 nitrogen and oxygen atoms in total. The Morgan fingerprint density at radius 2 is 1.79 bits per heavy atom. The summed E-state index contributed by atoms with van der Waals surface area (Å²) in [4.78, 5) is 37.6. The minimum Gasteiger partial charge on any atom is -0.490 e. The molecule has 0 unspecified atom stereocenters. The average Bonchev–Trinajstić information content (AvgIpc) is 3.02. The van der Waals surface area contributed by atoms with E-state index in [0.29, 0.717) is 34.7 Å². The van der Waals surface area contributed by atoms with Gasteiger partial charge >= 0.3 is 5.97 Å². The highest BCUT2D eigenvalue weighted by Gasteiger charge is 2.36. The molecule has 2 amide bonds. The number of amides is 2. The number of hydrogen-bond donors (Lipinski definition) is 0. The first kappa shape index (κ1) is 25.3. The van der Waals surface area contributed by atoms with Crippen molar-refractivity contribution in [3.05, 3.63) is 61.4 Å². The molecule has 1 saturated heterocycles. The van der Waals surface area contributed by atoms with Gasteiger partial charge in [-0.2, -0.15) is 0 Å². The van der Waals surface area contributed by atoms with Crippen LogP contribution in [0.4, 0.5) is 4.79 Å². The van der Waals surface area contributed by atoms with Crippen molar-refractivity contribution in [2.75, 3.05) is 19.8 Å². The van der Waals surface area contributed by atoms with Gasteiger partial charge in [-0.1, -0.05) is 28.1 Å². The highest BCUT2D eigenvalue weighted by Crippen LogP contribution is 2.39. The molecule has 1 aliphatic rings. The SMILES string of the molecule is CCOC(=O)CN1C(=O)S/C(=C/c2cc(Br)c(OCc3ccc(Br)cc3)c(OCC)c2)C1=O. The van der Waals surface area contributed by atoms with E-state index in [9.17, 15) is 14.4 Å². The lowest BCUT2D eigenvalue weighted by Gasteiger charge is -2.15. The number of benzene rings is 2. The molecule has 174 valence electrons. The zero-order valence-electron chi connectivity index (χ0n) is 17.9. The molecule has 2 aromatic rings. The van der Waals surface area contributed by atoms with E-state index < -0.39 is 23.7 Å². The fourth-order valence-electron chi connectivity index (χ4n) is 2.93. The molecule has 0 radical (unpaired) electrons. The van der Waals surface area contributed by atoms with Crippen molar-refractivity contribution in [1.82, 2.24) is 4.90 Å². The molecule has 1 heterocycles. The van der Waals surface area contributed by atoms with Crippen LogP contribution in [-0.4, -0.2) is 41.8 Å². The second-order valence-electron chi connectivity index (χ2n) is 6.75. The Kier molecular flexibility index (Phi) is 8.99. The largest absolute Gasteiger partial charge is 0.490 e. The van der Waals surface area contributed by atoms with Gasteiger partial charge in [0.1, 0.15) is 13.2 Å². The van der Waals surface area contributed by atoms with Crippen molar-refractivity contribution in [2.24, 2.45) is 0 Å². The highest BCUT2D eigenvalue weighted by molar-refractivity contribution is 9.10. The van der Waals surface area contributed by atoms with Crippen molar-refractivity contribution >= 4 is 66.8 Å². The maximum Gasteiger partial charge on any atom is 0.326 e. The smallest absolute Gasteiger partial charge is 0.326 e. The van der Waals surface area contributed by atoms with Gasteiger partial charge < -0.3 is 14.2 Å². The minimum absolute atomic E-state index is 0.176. The molecule has 33 heavy (non-hydrogen) atoms.